The zero-order valence-corrected chi connectivity index (χ0v) is 16.6. The predicted octanol–water partition coefficient (Wildman–Crippen LogP) is 3.41. The summed E-state index contributed by atoms with van der Waals surface area (Å²) in [5, 5.41) is 6.77. The van der Waals surface area contributed by atoms with Crippen LogP contribution in [0, 0.1) is 6.92 Å². The van der Waals surface area contributed by atoms with E-state index in [0.29, 0.717) is 11.6 Å². The molecule has 1 aliphatic rings. The lowest BCUT2D eigenvalue weighted by atomic mass is 10.2. The molecule has 0 aliphatic carbocycles. The van der Waals surface area contributed by atoms with Crippen LogP contribution in [0.4, 0.5) is 11.5 Å². The van der Waals surface area contributed by atoms with Crippen molar-refractivity contribution in [3.63, 3.8) is 0 Å². The summed E-state index contributed by atoms with van der Waals surface area (Å²) in [5.74, 6) is 0.969. The molecule has 1 fully saturated rings. The van der Waals surface area contributed by atoms with Crippen molar-refractivity contribution in [2.75, 3.05) is 42.9 Å². The number of amides is 1. The molecule has 0 radical (unpaired) electrons. The van der Waals surface area contributed by atoms with E-state index >= 15 is 0 Å². The number of nitrogens with zero attached hydrogens (tertiary/aromatic N) is 4. The van der Waals surface area contributed by atoms with Gasteiger partial charge in [-0.1, -0.05) is 17.7 Å². The van der Waals surface area contributed by atoms with Crippen LogP contribution in [-0.4, -0.2) is 53.5 Å². The molecule has 140 valence electrons. The van der Waals surface area contributed by atoms with Crippen molar-refractivity contribution < 1.29 is 4.79 Å². The maximum atomic E-state index is 12.4. The number of benzene rings is 1. The molecule has 6 nitrogen and oxygen atoms in total. The second kappa shape index (κ2) is 7.80. The number of fused-ring (bicyclic) bond motifs is 1. The Kier molecular flexibility index (Phi) is 5.24. The van der Waals surface area contributed by atoms with Gasteiger partial charge in [0.05, 0.1) is 11.9 Å². The third kappa shape index (κ3) is 3.90. The van der Waals surface area contributed by atoms with Gasteiger partial charge in [0.25, 0.3) is 0 Å². The van der Waals surface area contributed by atoms with E-state index in [0.717, 1.165) is 53.5 Å². The summed E-state index contributed by atoms with van der Waals surface area (Å²) in [6, 6.07) is 7.61. The zero-order chi connectivity index (χ0) is 18.8. The largest absolute Gasteiger partial charge is 0.353 e. The number of halogens is 1. The van der Waals surface area contributed by atoms with Crippen LogP contribution in [0.3, 0.4) is 0 Å². The molecule has 27 heavy (non-hydrogen) atoms. The van der Waals surface area contributed by atoms with Crippen LogP contribution < -0.4 is 10.2 Å². The van der Waals surface area contributed by atoms with Gasteiger partial charge in [-0.15, -0.1) is 11.3 Å². The van der Waals surface area contributed by atoms with Crippen molar-refractivity contribution in [1.82, 2.24) is 14.9 Å². The fourth-order valence-electron chi connectivity index (χ4n) is 3.28. The summed E-state index contributed by atoms with van der Waals surface area (Å²) in [5.41, 5.74) is 1.66. The lowest BCUT2D eigenvalue weighted by Crippen LogP contribution is -2.49. The maximum Gasteiger partial charge on any atom is 0.238 e. The van der Waals surface area contributed by atoms with Crippen LogP contribution in [0.1, 0.15) is 5.56 Å². The number of carbonyl (C=O) groups excluding carboxylic acids is 1. The van der Waals surface area contributed by atoms with Crippen LogP contribution >= 0.6 is 22.9 Å². The highest BCUT2D eigenvalue weighted by Crippen LogP contribution is 2.27. The SMILES string of the molecule is Cc1c(Cl)cccc1NC(=O)CN1CCN(c2ncnc3sccc23)CC1. The number of carbonyl (C=O) groups is 1. The molecule has 2 aromatic heterocycles. The van der Waals surface area contributed by atoms with E-state index in [1.54, 1.807) is 17.7 Å². The third-order valence-corrected chi connectivity index (χ3v) is 6.05. The number of rotatable bonds is 4. The molecule has 0 bridgehead atoms. The fraction of sp³-hybridized carbons (Fsp3) is 0.316. The van der Waals surface area contributed by atoms with E-state index in [9.17, 15) is 4.79 Å². The lowest BCUT2D eigenvalue weighted by Gasteiger charge is -2.35. The summed E-state index contributed by atoms with van der Waals surface area (Å²) in [4.78, 5) is 26.6. The van der Waals surface area contributed by atoms with Crippen LogP contribution in [-0.2, 0) is 4.79 Å². The predicted molar refractivity (Wildman–Crippen MR) is 111 cm³/mol. The molecule has 8 heteroatoms. The van der Waals surface area contributed by atoms with Gasteiger partial charge in [0.15, 0.2) is 0 Å². The van der Waals surface area contributed by atoms with Crippen LogP contribution in [0.2, 0.25) is 5.02 Å². The van der Waals surface area contributed by atoms with Gasteiger partial charge >= 0.3 is 0 Å². The minimum Gasteiger partial charge on any atom is -0.353 e. The monoisotopic (exact) mass is 401 g/mol. The Morgan fingerprint density at radius 3 is 2.85 bits per heavy atom. The number of anilines is 2. The summed E-state index contributed by atoms with van der Waals surface area (Å²) >= 11 is 7.75. The highest BCUT2D eigenvalue weighted by atomic mass is 35.5. The lowest BCUT2D eigenvalue weighted by molar-refractivity contribution is -0.117. The van der Waals surface area contributed by atoms with E-state index in [2.05, 4.69) is 31.2 Å². The Hall–Kier alpha value is -2.22. The highest BCUT2D eigenvalue weighted by molar-refractivity contribution is 7.16. The van der Waals surface area contributed by atoms with Crippen molar-refractivity contribution >= 4 is 50.6 Å². The first-order chi connectivity index (χ1) is 13.1. The topological polar surface area (TPSA) is 61.4 Å². The Bertz CT molecular complexity index is 968. The molecule has 1 aromatic carbocycles. The van der Waals surface area contributed by atoms with Crippen molar-refractivity contribution in [1.29, 1.82) is 0 Å². The number of aromatic nitrogens is 2. The summed E-state index contributed by atoms with van der Waals surface area (Å²) in [7, 11) is 0. The van der Waals surface area contributed by atoms with Gasteiger partial charge in [0.1, 0.15) is 17.0 Å². The van der Waals surface area contributed by atoms with E-state index < -0.39 is 0 Å². The van der Waals surface area contributed by atoms with Gasteiger partial charge in [0, 0.05) is 36.9 Å². The normalized spacial score (nSPS) is 15.3. The highest BCUT2D eigenvalue weighted by Gasteiger charge is 2.22. The van der Waals surface area contributed by atoms with E-state index in [-0.39, 0.29) is 5.91 Å². The van der Waals surface area contributed by atoms with Gasteiger partial charge in [-0.05, 0) is 36.1 Å². The molecule has 1 saturated heterocycles. The molecule has 3 aromatic rings. The number of hydrogen-bond donors (Lipinski definition) is 1. The first kappa shape index (κ1) is 18.2. The Balaban J connectivity index is 1.35. The molecular weight excluding hydrogens is 382 g/mol. The summed E-state index contributed by atoms with van der Waals surface area (Å²) in [6.07, 6.45) is 1.63. The molecule has 0 unspecified atom stereocenters. The number of thiophene rings is 1. The first-order valence-electron chi connectivity index (χ1n) is 8.82. The van der Waals surface area contributed by atoms with Gasteiger partial charge in [0.2, 0.25) is 5.91 Å². The van der Waals surface area contributed by atoms with Gasteiger partial charge in [-0.2, -0.15) is 0 Å². The molecule has 0 atom stereocenters. The molecule has 3 heterocycles. The van der Waals surface area contributed by atoms with Crippen molar-refractivity contribution in [2.24, 2.45) is 0 Å². The first-order valence-corrected chi connectivity index (χ1v) is 10.1. The number of hydrogen-bond acceptors (Lipinski definition) is 6. The molecule has 0 spiro atoms. The molecule has 1 N–H and O–H groups in total. The number of nitrogens with one attached hydrogen (secondary N) is 1. The number of piperazine rings is 1. The van der Waals surface area contributed by atoms with Gasteiger partial charge < -0.3 is 10.2 Å². The van der Waals surface area contributed by atoms with Crippen LogP contribution in [0.15, 0.2) is 36.0 Å². The molecule has 4 rings (SSSR count). The standard InChI is InChI=1S/C19H20ClN5OS/c1-13-15(20)3-2-4-16(13)23-17(26)11-24-6-8-25(9-7-24)18-14-5-10-27-19(14)22-12-21-18/h2-5,10,12H,6-9,11H2,1H3,(H,23,26). The van der Waals surface area contributed by atoms with Crippen molar-refractivity contribution in [3.8, 4) is 0 Å². The van der Waals surface area contributed by atoms with Crippen molar-refractivity contribution in [3.05, 3.63) is 46.6 Å². The summed E-state index contributed by atoms with van der Waals surface area (Å²) in [6.45, 7) is 5.59. The average molecular weight is 402 g/mol. The summed E-state index contributed by atoms with van der Waals surface area (Å²) < 4.78 is 0. The van der Waals surface area contributed by atoms with Crippen LogP contribution in [0.5, 0.6) is 0 Å². The van der Waals surface area contributed by atoms with E-state index in [1.165, 1.54) is 0 Å². The zero-order valence-electron chi connectivity index (χ0n) is 15.0. The molecular formula is C19H20ClN5OS. The van der Waals surface area contributed by atoms with Crippen LogP contribution in [0.25, 0.3) is 10.2 Å². The minimum atomic E-state index is -0.0175. The van der Waals surface area contributed by atoms with Gasteiger partial charge in [-0.25, -0.2) is 9.97 Å². The maximum absolute atomic E-state index is 12.4. The smallest absolute Gasteiger partial charge is 0.238 e. The molecule has 1 amide bonds. The second-order valence-electron chi connectivity index (χ2n) is 6.56. The van der Waals surface area contributed by atoms with E-state index in [4.69, 9.17) is 11.6 Å². The second-order valence-corrected chi connectivity index (χ2v) is 7.86. The Morgan fingerprint density at radius 2 is 2.04 bits per heavy atom. The Labute approximate surface area is 166 Å². The molecule has 1 aliphatic heterocycles. The molecule has 0 saturated carbocycles. The van der Waals surface area contributed by atoms with Crippen molar-refractivity contribution in [2.45, 2.75) is 6.92 Å². The Morgan fingerprint density at radius 1 is 1.22 bits per heavy atom. The minimum absolute atomic E-state index is 0.0175. The third-order valence-electron chi connectivity index (χ3n) is 4.82. The fourth-order valence-corrected chi connectivity index (χ4v) is 4.18. The van der Waals surface area contributed by atoms with Gasteiger partial charge in [-0.3, -0.25) is 9.69 Å². The van der Waals surface area contributed by atoms with E-state index in [1.807, 2.05) is 30.5 Å². The quantitative estimate of drug-likeness (QED) is 0.725. The average Bonchev–Trinajstić information content (AvgIpc) is 3.15.